The first-order valence-corrected chi connectivity index (χ1v) is 5.75. The van der Waals surface area contributed by atoms with Crippen LogP contribution in [0.1, 0.15) is 15.9 Å². The van der Waals surface area contributed by atoms with E-state index in [1.807, 2.05) is 6.07 Å². The lowest BCUT2D eigenvalue weighted by atomic mass is 10.1. The minimum absolute atomic E-state index is 0.319. The van der Waals surface area contributed by atoms with Gasteiger partial charge in [-0.15, -0.1) is 0 Å². The fourth-order valence-electron chi connectivity index (χ4n) is 1.72. The van der Waals surface area contributed by atoms with E-state index in [0.29, 0.717) is 5.56 Å². The molecule has 98 valence electrons. The van der Waals surface area contributed by atoms with Crippen molar-refractivity contribution in [2.24, 2.45) is 0 Å². The van der Waals surface area contributed by atoms with E-state index in [4.69, 9.17) is 4.74 Å². The van der Waals surface area contributed by atoms with E-state index in [2.05, 4.69) is 0 Å². The summed E-state index contributed by atoms with van der Waals surface area (Å²) in [5.41, 5.74) is 1.28. The third-order valence-corrected chi connectivity index (χ3v) is 2.71. The van der Waals surface area contributed by atoms with E-state index in [1.54, 1.807) is 25.1 Å². The molecule has 0 saturated heterocycles. The molecular weight excluding hydrogens is 250 g/mol. The lowest BCUT2D eigenvalue weighted by molar-refractivity contribution is 0.0915. The number of carbonyl (C=O) groups excluding carboxylic acids is 1. The summed E-state index contributed by atoms with van der Waals surface area (Å²) < 4.78 is 31.6. The van der Waals surface area contributed by atoms with Gasteiger partial charge < -0.3 is 4.74 Å². The van der Waals surface area contributed by atoms with Crippen molar-refractivity contribution in [2.45, 2.75) is 6.92 Å². The molecule has 0 radical (unpaired) electrons. The summed E-state index contributed by atoms with van der Waals surface area (Å²) in [4.78, 5) is 11.9. The van der Waals surface area contributed by atoms with Crippen LogP contribution < -0.4 is 4.74 Å². The summed E-state index contributed by atoms with van der Waals surface area (Å²) >= 11 is 0. The van der Waals surface area contributed by atoms with Crippen LogP contribution in [-0.4, -0.2) is 12.4 Å². The maximum absolute atomic E-state index is 13.3. The summed E-state index contributed by atoms with van der Waals surface area (Å²) in [6.45, 7) is 1.39. The Balaban J connectivity index is 2.11. The van der Waals surface area contributed by atoms with Gasteiger partial charge in [0, 0.05) is 5.56 Å². The zero-order valence-electron chi connectivity index (χ0n) is 10.3. The van der Waals surface area contributed by atoms with E-state index in [9.17, 15) is 13.6 Å². The van der Waals surface area contributed by atoms with Crippen LogP contribution in [0.3, 0.4) is 0 Å². The maximum Gasteiger partial charge on any atom is 0.200 e. The molecule has 2 aromatic carbocycles. The SMILES string of the molecule is Cc1ccccc1C(=O)COc1c(F)cccc1F. The third kappa shape index (κ3) is 2.96. The van der Waals surface area contributed by atoms with Gasteiger partial charge in [-0.05, 0) is 24.6 Å². The second-order valence-electron chi connectivity index (χ2n) is 4.08. The Morgan fingerprint density at radius 3 is 2.32 bits per heavy atom. The average molecular weight is 262 g/mol. The third-order valence-electron chi connectivity index (χ3n) is 2.71. The van der Waals surface area contributed by atoms with Crippen molar-refractivity contribution in [3.8, 4) is 5.75 Å². The molecule has 0 amide bonds. The Bertz CT molecular complexity index is 589. The molecular formula is C15H12F2O2. The molecule has 2 aromatic rings. The van der Waals surface area contributed by atoms with Gasteiger partial charge in [0.2, 0.25) is 0 Å². The number of carbonyl (C=O) groups is 1. The second kappa shape index (κ2) is 5.61. The lowest BCUT2D eigenvalue weighted by Crippen LogP contribution is -2.14. The average Bonchev–Trinajstić information content (AvgIpc) is 2.38. The van der Waals surface area contributed by atoms with Gasteiger partial charge in [0.25, 0.3) is 0 Å². The Labute approximate surface area is 109 Å². The fraction of sp³-hybridized carbons (Fsp3) is 0.133. The molecule has 0 saturated carbocycles. The van der Waals surface area contributed by atoms with Crippen LogP contribution in [0.25, 0.3) is 0 Å². The van der Waals surface area contributed by atoms with Crippen LogP contribution in [-0.2, 0) is 0 Å². The molecule has 0 fully saturated rings. The molecule has 0 aromatic heterocycles. The van der Waals surface area contributed by atoms with Crippen molar-refractivity contribution in [1.29, 1.82) is 0 Å². The highest BCUT2D eigenvalue weighted by molar-refractivity contribution is 5.98. The summed E-state index contributed by atoms with van der Waals surface area (Å²) in [5, 5.41) is 0. The van der Waals surface area contributed by atoms with E-state index < -0.39 is 24.0 Å². The molecule has 0 N–H and O–H groups in total. The number of Topliss-reactive ketones (excluding diaryl/α,β-unsaturated/α-hetero) is 1. The minimum Gasteiger partial charge on any atom is -0.479 e. The summed E-state index contributed by atoms with van der Waals surface area (Å²) in [5.74, 6) is -2.49. The first kappa shape index (κ1) is 13.2. The Kier molecular flexibility index (Phi) is 3.90. The standard InChI is InChI=1S/C15H12F2O2/c1-10-5-2-3-6-11(10)14(18)9-19-15-12(16)7-4-8-13(15)17/h2-8H,9H2,1H3. The van der Waals surface area contributed by atoms with Crippen LogP contribution >= 0.6 is 0 Å². The highest BCUT2D eigenvalue weighted by Gasteiger charge is 2.13. The molecule has 2 nitrogen and oxygen atoms in total. The second-order valence-corrected chi connectivity index (χ2v) is 4.08. The minimum atomic E-state index is -0.822. The molecule has 2 rings (SSSR count). The van der Waals surface area contributed by atoms with Gasteiger partial charge in [-0.1, -0.05) is 30.3 Å². The molecule has 19 heavy (non-hydrogen) atoms. The van der Waals surface area contributed by atoms with E-state index >= 15 is 0 Å². The lowest BCUT2D eigenvalue weighted by Gasteiger charge is -2.08. The molecule has 4 heteroatoms. The van der Waals surface area contributed by atoms with Gasteiger partial charge >= 0.3 is 0 Å². The summed E-state index contributed by atoms with van der Waals surface area (Å²) in [6.07, 6.45) is 0. The van der Waals surface area contributed by atoms with Gasteiger partial charge in [-0.25, -0.2) is 8.78 Å². The summed E-state index contributed by atoms with van der Waals surface area (Å²) in [7, 11) is 0. The van der Waals surface area contributed by atoms with Crippen molar-refractivity contribution in [2.75, 3.05) is 6.61 Å². The topological polar surface area (TPSA) is 26.3 Å². The van der Waals surface area contributed by atoms with Gasteiger partial charge in [-0.2, -0.15) is 0 Å². The number of hydrogen-bond acceptors (Lipinski definition) is 2. The van der Waals surface area contributed by atoms with Crippen molar-refractivity contribution in [3.63, 3.8) is 0 Å². The molecule has 0 aliphatic rings. The van der Waals surface area contributed by atoms with Crippen LogP contribution in [0.4, 0.5) is 8.78 Å². The first-order chi connectivity index (χ1) is 9.09. The molecule has 0 aliphatic carbocycles. The maximum atomic E-state index is 13.3. The van der Waals surface area contributed by atoms with E-state index in [1.165, 1.54) is 6.07 Å². The predicted octanol–water partition coefficient (Wildman–Crippen LogP) is 3.53. The zero-order valence-corrected chi connectivity index (χ0v) is 10.3. The molecule has 0 spiro atoms. The largest absolute Gasteiger partial charge is 0.479 e. The Morgan fingerprint density at radius 2 is 1.68 bits per heavy atom. The number of benzene rings is 2. The van der Waals surface area contributed by atoms with Crippen LogP contribution in [0.5, 0.6) is 5.75 Å². The monoisotopic (exact) mass is 262 g/mol. The fourth-order valence-corrected chi connectivity index (χ4v) is 1.72. The first-order valence-electron chi connectivity index (χ1n) is 5.75. The number of ketones is 1. The zero-order chi connectivity index (χ0) is 13.8. The van der Waals surface area contributed by atoms with Crippen LogP contribution in [0, 0.1) is 18.6 Å². The van der Waals surface area contributed by atoms with E-state index in [-0.39, 0.29) is 5.78 Å². The number of ether oxygens (including phenoxy) is 1. The smallest absolute Gasteiger partial charge is 0.200 e. The van der Waals surface area contributed by atoms with E-state index in [0.717, 1.165) is 17.7 Å². The van der Waals surface area contributed by atoms with Gasteiger partial charge in [0.15, 0.2) is 29.8 Å². The number of halogens is 2. The summed E-state index contributed by atoms with van der Waals surface area (Å²) in [6, 6.07) is 10.4. The Hall–Kier alpha value is -2.23. The number of aryl methyl sites for hydroxylation is 1. The number of rotatable bonds is 4. The number of para-hydroxylation sites is 1. The molecule has 0 aliphatic heterocycles. The molecule has 0 bridgehead atoms. The number of hydrogen-bond donors (Lipinski definition) is 0. The Morgan fingerprint density at radius 1 is 1.05 bits per heavy atom. The van der Waals surface area contributed by atoms with Crippen LogP contribution in [0.15, 0.2) is 42.5 Å². The quantitative estimate of drug-likeness (QED) is 0.788. The van der Waals surface area contributed by atoms with Gasteiger partial charge in [-0.3, -0.25) is 4.79 Å². The van der Waals surface area contributed by atoms with Crippen molar-refractivity contribution in [3.05, 3.63) is 65.2 Å². The molecule has 0 heterocycles. The van der Waals surface area contributed by atoms with Crippen molar-refractivity contribution in [1.82, 2.24) is 0 Å². The van der Waals surface area contributed by atoms with Gasteiger partial charge in [0.05, 0.1) is 0 Å². The van der Waals surface area contributed by atoms with Crippen LogP contribution in [0.2, 0.25) is 0 Å². The molecule has 0 atom stereocenters. The molecule has 0 unspecified atom stereocenters. The normalized spacial score (nSPS) is 10.3. The van der Waals surface area contributed by atoms with Crippen molar-refractivity contribution >= 4 is 5.78 Å². The predicted molar refractivity (Wildman–Crippen MR) is 67.4 cm³/mol. The van der Waals surface area contributed by atoms with Crippen molar-refractivity contribution < 1.29 is 18.3 Å². The van der Waals surface area contributed by atoms with Gasteiger partial charge in [0.1, 0.15) is 0 Å². The highest BCUT2D eigenvalue weighted by atomic mass is 19.1. The highest BCUT2D eigenvalue weighted by Crippen LogP contribution is 2.21.